The van der Waals surface area contributed by atoms with Gasteiger partial charge in [0.15, 0.2) is 0 Å². The summed E-state index contributed by atoms with van der Waals surface area (Å²) < 4.78 is 1.93. The Balaban J connectivity index is 1.74. The molecule has 0 saturated carbocycles. The molecule has 4 heterocycles. The number of H-pyrrole nitrogens is 1. The summed E-state index contributed by atoms with van der Waals surface area (Å²) in [5.41, 5.74) is 8.39. The number of aromatic nitrogens is 3. The van der Waals surface area contributed by atoms with Gasteiger partial charge in [-0.2, -0.15) is 5.10 Å². The summed E-state index contributed by atoms with van der Waals surface area (Å²) in [6, 6.07) is 7.88. The summed E-state index contributed by atoms with van der Waals surface area (Å²) >= 11 is 0. The van der Waals surface area contributed by atoms with Crippen LogP contribution in [0.3, 0.4) is 0 Å². The summed E-state index contributed by atoms with van der Waals surface area (Å²) in [7, 11) is 5.83. The van der Waals surface area contributed by atoms with Crippen molar-refractivity contribution in [2.75, 3.05) is 32.5 Å². The molecule has 170 valence electrons. The van der Waals surface area contributed by atoms with Crippen LogP contribution in [0, 0.1) is 13.8 Å². The van der Waals surface area contributed by atoms with Gasteiger partial charge in [0.25, 0.3) is 11.8 Å². The maximum absolute atomic E-state index is 13.3. The zero-order valence-electron chi connectivity index (χ0n) is 19.6. The van der Waals surface area contributed by atoms with Gasteiger partial charge in [0, 0.05) is 56.2 Å². The first-order valence-corrected chi connectivity index (χ1v) is 11.1. The number of nitrogens with zero attached hydrogens (tertiary/aromatic N) is 4. The molecule has 0 spiro atoms. The number of fused-ring (bicyclic) bond motifs is 4. The van der Waals surface area contributed by atoms with E-state index >= 15 is 0 Å². The zero-order chi connectivity index (χ0) is 23.4. The van der Waals surface area contributed by atoms with Crippen molar-refractivity contribution >= 4 is 29.2 Å². The summed E-state index contributed by atoms with van der Waals surface area (Å²) in [5.74, 6) is -0.243. The minimum Gasteiger partial charge on any atom is -0.358 e. The molecule has 2 N–H and O–H groups in total. The third-order valence-electron chi connectivity index (χ3n) is 6.52. The molecule has 5 rings (SSSR count). The predicted octanol–water partition coefficient (Wildman–Crippen LogP) is 3.04. The summed E-state index contributed by atoms with van der Waals surface area (Å²) in [6.45, 7) is 5.93. The lowest BCUT2D eigenvalue weighted by Crippen LogP contribution is -2.35. The van der Waals surface area contributed by atoms with E-state index in [1.807, 2.05) is 50.8 Å². The number of carbonyl (C=O) groups excluding carboxylic acids is 2. The van der Waals surface area contributed by atoms with Crippen LogP contribution in [0.15, 0.2) is 24.3 Å². The van der Waals surface area contributed by atoms with Crippen LogP contribution in [0.25, 0.3) is 22.8 Å². The molecular formula is C25H28N6O2. The van der Waals surface area contributed by atoms with Gasteiger partial charge in [-0.05, 0) is 50.7 Å². The number of nitrogens with one attached hydrogen (secondary N) is 2. The third-order valence-corrected chi connectivity index (χ3v) is 6.52. The highest BCUT2D eigenvalue weighted by Crippen LogP contribution is 2.38. The molecule has 0 fully saturated rings. The number of amides is 2. The van der Waals surface area contributed by atoms with Gasteiger partial charge >= 0.3 is 0 Å². The number of carbonyl (C=O) groups is 2. The van der Waals surface area contributed by atoms with Crippen LogP contribution in [0.5, 0.6) is 0 Å². The molecule has 2 bridgehead atoms. The fraction of sp³-hybridized carbons (Fsp3) is 0.320. The molecule has 0 atom stereocenters. The van der Waals surface area contributed by atoms with Crippen molar-refractivity contribution in [3.63, 3.8) is 0 Å². The second kappa shape index (κ2) is 7.74. The molecule has 2 aliphatic rings. The molecule has 0 saturated heterocycles. The van der Waals surface area contributed by atoms with Gasteiger partial charge in [0.05, 0.1) is 28.2 Å². The van der Waals surface area contributed by atoms with Crippen molar-refractivity contribution in [1.82, 2.24) is 24.6 Å². The lowest BCUT2D eigenvalue weighted by Gasteiger charge is -2.23. The fourth-order valence-electron chi connectivity index (χ4n) is 4.76. The lowest BCUT2D eigenvalue weighted by atomic mass is 9.97. The first kappa shape index (κ1) is 21.2. The van der Waals surface area contributed by atoms with Crippen LogP contribution in [0.1, 0.15) is 38.7 Å². The topological polar surface area (TPSA) is 86.3 Å². The normalized spacial score (nSPS) is 18.2. The second-order valence-corrected chi connectivity index (χ2v) is 9.05. The van der Waals surface area contributed by atoms with Crippen molar-refractivity contribution < 1.29 is 9.59 Å². The van der Waals surface area contributed by atoms with Crippen molar-refractivity contribution in [2.24, 2.45) is 7.05 Å². The summed E-state index contributed by atoms with van der Waals surface area (Å²) in [5, 5.41) is 7.64. The van der Waals surface area contributed by atoms with Gasteiger partial charge in [0.2, 0.25) is 0 Å². The molecule has 1 aromatic carbocycles. The first-order valence-electron chi connectivity index (χ1n) is 11.1. The molecule has 2 aromatic heterocycles. The molecule has 2 aliphatic heterocycles. The minimum absolute atomic E-state index is 0.0704. The number of likely N-dealkylation sites (N-methyl/N-ethyl adjacent to an activating group) is 2. The molecule has 3 aromatic rings. The molecule has 8 nitrogen and oxygen atoms in total. The highest BCUT2D eigenvalue weighted by Gasteiger charge is 2.28. The SMILES string of the molecule is Cc1cc2c([nH]1)/C=C1\C(=O)Nc3ccc(cc31)-c1c(C)nn(C)c1CN(C)CCN(C)C2=O. The van der Waals surface area contributed by atoms with E-state index in [0.29, 0.717) is 29.9 Å². The molecule has 8 heteroatoms. The van der Waals surface area contributed by atoms with Crippen molar-refractivity contribution in [2.45, 2.75) is 20.4 Å². The average Bonchev–Trinajstić information content (AvgIpc) is 3.38. The van der Waals surface area contributed by atoms with Gasteiger partial charge in [-0.3, -0.25) is 19.2 Å². The van der Waals surface area contributed by atoms with Crippen LogP contribution < -0.4 is 5.32 Å². The van der Waals surface area contributed by atoms with Crippen LogP contribution >= 0.6 is 0 Å². The highest BCUT2D eigenvalue weighted by molar-refractivity contribution is 6.35. The van der Waals surface area contributed by atoms with Crippen molar-refractivity contribution in [1.29, 1.82) is 0 Å². The Kier molecular flexibility index (Phi) is 4.97. The largest absolute Gasteiger partial charge is 0.358 e. The van der Waals surface area contributed by atoms with Gasteiger partial charge in [-0.1, -0.05) is 6.07 Å². The maximum atomic E-state index is 13.3. The number of hydrogen-bond donors (Lipinski definition) is 2. The molecule has 0 unspecified atom stereocenters. The van der Waals surface area contributed by atoms with E-state index in [-0.39, 0.29) is 11.8 Å². The van der Waals surface area contributed by atoms with Gasteiger partial charge in [-0.25, -0.2) is 0 Å². The van der Waals surface area contributed by atoms with E-state index in [4.69, 9.17) is 0 Å². The average molecular weight is 445 g/mol. The lowest BCUT2D eigenvalue weighted by molar-refractivity contribution is -0.110. The maximum Gasteiger partial charge on any atom is 0.256 e. The standard InChI is InChI=1S/C25H28N6O2/c1-14-10-19-21(26-14)12-18-17-11-16(6-7-20(17)27-24(18)32)23-15(2)28-31(5)22(23)13-29(3)8-9-30(4)25(19)33/h6-7,10-12,26H,8-9,13H2,1-5H3,(H,27,32)/b18-12-. The molecule has 2 amide bonds. The molecular weight excluding hydrogens is 416 g/mol. The number of aryl methyl sites for hydroxylation is 3. The molecule has 0 radical (unpaired) electrons. The Morgan fingerprint density at radius 1 is 1.00 bits per heavy atom. The number of aromatic amines is 1. The van der Waals surface area contributed by atoms with Gasteiger partial charge in [-0.15, -0.1) is 0 Å². The third kappa shape index (κ3) is 3.56. The summed E-state index contributed by atoms with van der Waals surface area (Å²) in [6.07, 6.45) is 1.79. The monoisotopic (exact) mass is 444 g/mol. The van der Waals surface area contributed by atoms with Crippen LogP contribution in [-0.4, -0.2) is 63.6 Å². The minimum atomic E-state index is -0.173. The van der Waals surface area contributed by atoms with Crippen LogP contribution in [-0.2, 0) is 18.4 Å². The Bertz CT molecular complexity index is 1330. The molecule has 33 heavy (non-hydrogen) atoms. The Morgan fingerprint density at radius 3 is 2.58 bits per heavy atom. The van der Waals surface area contributed by atoms with Gasteiger partial charge in [0.1, 0.15) is 0 Å². The number of benzene rings is 1. The van der Waals surface area contributed by atoms with Crippen LogP contribution in [0.4, 0.5) is 5.69 Å². The van der Waals surface area contributed by atoms with Crippen molar-refractivity contribution in [3.8, 4) is 11.1 Å². The summed E-state index contributed by atoms with van der Waals surface area (Å²) in [4.78, 5) is 33.4. The van der Waals surface area contributed by atoms with Crippen molar-refractivity contribution in [3.05, 3.63) is 58.2 Å². The van der Waals surface area contributed by atoms with E-state index in [2.05, 4.69) is 33.4 Å². The van der Waals surface area contributed by atoms with E-state index in [1.165, 1.54) is 0 Å². The van der Waals surface area contributed by atoms with E-state index in [1.54, 1.807) is 11.0 Å². The van der Waals surface area contributed by atoms with E-state index < -0.39 is 0 Å². The first-order chi connectivity index (χ1) is 15.7. The number of rotatable bonds is 0. The Labute approximate surface area is 192 Å². The fourth-order valence-corrected chi connectivity index (χ4v) is 4.76. The van der Waals surface area contributed by atoms with Crippen LogP contribution in [0.2, 0.25) is 0 Å². The quantitative estimate of drug-likeness (QED) is 0.558. The number of anilines is 1. The number of hydrogen-bond acceptors (Lipinski definition) is 4. The molecule has 0 aliphatic carbocycles. The van der Waals surface area contributed by atoms with Gasteiger partial charge < -0.3 is 15.2 Å². The Morgan fingerprint density at radius 2 is 1.79 bits per heavy atom. The highest BCUT2D eigenvalue weighted by atomic mass is 16.2. The predicted molar refractivity (Wildman–Crippen MR) is 129 cm³/mol. The Hall–Kier alpha value is -3.65. The van der Waals surface area contributed by atoms with E-state index in [9.17, 15) is 9.59 Å². The smallest absolute Gasteiger partial charge is 0.256 e. The zero-order valence-corrected chi connectivity index (χ0v) is 19.6. The second-order valence-electron chi connectivity index (χ2n) is 9.05. The van der Waals surface area contributed by atoms with E-state index in [0.717, 1.165) is 46.0 Å².